The lowest BCUT2D eigenvalue weighted by Crippen LogP contribution is -2.37. The van der Waals surface area contributed by atoms with Gasteiger partial charge in [0.15, 0.2) is 0 Å². The van der Waals surface area contributed by atoms with Crippen LogP contribution in [-0.2, 0) is 0 Å². The van der Waals surface area contributed by atoms with Crippen LogP contribution in [0.1, 0.15) is 31.1 Å². The summed E-state index contributed by atoms with van der Waals surface area (Å²) in [6.07, 6.45) is 0. The molecule has 0 radical (unpaired) electrons. The molecule has 1 aromatic rings. The number of carbonyl (C=O) groups is 1. The Balaban J connectivity index is 3.26. The summed E-state index contributed by atoms with van der Waals surface area (Å²) in [4.78, 5) is 23.7. The van der Waals surface area contributed by atoms with E-state index >= 15 is 0 Å². The van der Waals surface area contributed by atoms with Crippen molar-refractivity contribution in [2.75, 3.05) is 6.54 Å². The summed E-state index contributed by atoms with van der Waals surface area (Å²) >= 11 is 0. The molecule has 0 spiro atoms. The van der Waals surface area contributed by atoms with Crippen molar-refractivity contribution in [3.05, 3.63) is 39.7 Å². The molecule has 18 heavy (non-hydrogen) atoms. The van der Waals surface area contributed by atoms with Crippen LogP contribution in [0.3, 0.4) is 0 Å². The van der Waals surface area contributed by atoms with Crippen molar-refractivity contribution >= 4 is 11.6 Å². The van der Waals surface area contributed by atoms with E-state index in [9.17, 15) is 19.3 Å². The van der Waals surface area contributed by atoms with E-state index < -0.39 is 16.6 Å². The molecule has 0 unspecified atom stereocenters. The zero-order valence-electron chi connectivity index (χ0n) is 10.5. The molecule has 0 bridgehead atoms. The minimum absolute atomic E-state index is 0.106. The molecule has 1 amide bonds. The maximum Gasteiger partial charge on any atom is 0.282 e. The second-order valence-corrected chi connectivity index (χ2v) is 4.10. The zero-order chi connectivity index (χ0) is 13.9. The number of nitro benzene ring substituents is 1. The van der Waals surface area contributed by atoms with Crippen molar-refractivity contribution in [1.29, 1.82) is 0 Å². The molecule has 6 heteroatoms. The molecule has 0 fully saturated rings. The molecule has 0 aliphatic carbocycles. The molecular weight excluding hydrogens is 239 g/mol. The largest absolute Gasteiger partial charge is 0.336 e. The average Bonchev–Trinajstić information content (AvgIpc) is 2.28. The van der Waals surface area contributed by atoms with Gasteiger partial charge in [-0.3, -0.25) is 14.9 Å². The fraction of sp³-hybridized carbons (Fsp3) is 0.417. The number of halogens is 1. The SMILES string of the molecule is CCN(C(=O)c1cc(F)ccc1[N+](=O)[O-])C(C)C. The van der Waals surface area contributed by atoms with Crippen molar-refractivity contribution in [1.82, 2.24) is 4.90 Å². The minimum Gasteiger partial charge on any atom is -0.336 e. The first-order chi connectivity index (χ1) is 8.38. The van der Waals surface area contributed by atoms with Gasteiger partial charge in [-0.1, -0.05) is 0 Å². The predicted molar refractivity (Wildman–Crippen MR) is 64.9 cm³/mol. The highest BCUT2D eigenvalue weighted by atomic mass is 19.1. The van der Waals surface area contributed by atoms with Gasteiger partial charge in [0.2, 0.25) is 0 Å². The van der Waals surface area contributed by atoms with Gasteiger partial charge in [-0.2, -0.15) is 0 Å². The van der Waals surface area contributed by atoms with Crippen molar-refractivity contribution in [2.24, 2.45) is 0 Å². The van der Waals surface area contributed by atoms with Gasteiger partial charge in [-0.15, -0.1) is 0 Å². The lowest BCUT2D eigenvalue weighted by atomic mass is 10.1. The highest BCUT2D eigenvalue weighted by molar-refractivity contribution is 5.98. The van der Waals surface area contributed by atoms with Gasteiger partial charge in [0, 0.05) is 18.7 Å². The zero-order valence-corrected chi connectivity index (χ0v) is 10.5. The Morgan fingerprint density at radius 3 is 2.56 bits per heavy atom. The summed E-state index contributed by atoms with van der Waals surface area (Å²) in [5, 5.41) is 10.8. The lowest BCUT2D eigenvalue weighted by Gasteiger charge is -2.25. The Kier molecular flexibility index (Phi) is 4.36. The lowest BCUT2D eigenvalue weighted by molar-refractivity contribution is -0.385. The number of nitro groups is 1. The molecule has 5 nitrogen and oxygen atoms in total. The number of hydrogen-bond donors (Lipinski definition) is 0. The summed E-state index contributed by atoms with van der Waals surface area (Å²) in [7, 11) is 0. The number of hydrogen-bond acceptors (Lipinski definition) is 3. The van der Waals surface area contributed by atoms with E-state index in [0.717, 1.165) is 18.2 Å². The second-order valence-electron chi connectivity index (χ2n) is 4.10. The molecule has 1 aromatic carbocycles. The van der Waals surface area contributed by atoms with Crippen LogP contribution < -0.4 is 0 Å². The van der Waals surface area contributed by atoms with Crippen molar-refractivity contribution in [3.63, 3.8) is 0 Å². The van der Waals surface area contributed by atoms with E-state index in [1.807, 2.05) is 0 Å². The fourth-order valence-electron chi connectivity index (χ4n) is 1.74. The number of carbonyl (C=O) groups excluding carboxylic acids is 1. The first-order valence-corrected chi connectivity index (χ1v) is 5.63. The topological polar surface area (TPSA) is 63.5 Å². The Morgan fingerprint density at radius 1 is 1.50 bits per heavy atom. The number of nitrogens with zero attached hydrogens (tertiary/aromatic N) is 2. The second kappa shape index (κ2) is 5.57. The highest BCUT2D eigenvalue weighted by Gasteiger charge is 2.25. The fourth-order valence-corrected chi connectivity index (χ4v) is 1.74. The third-order valence-electron chi connectivity index (χ3n) is 2.61. The molecule has 0 atom stereocenters. The summed E-state index contributed by atoms with van der Waals surface area (Å²) in [6, 6.07) is 2.79. The maximum absolute atomic E-state index is 13.1. The predicted octanol–water partition coefficient (Wildman–Crippen LogP) is 2.60. The highest BCUT2D eigenvalue weighted by Crippen LogP contribution is 2.22. The number of rotatable bonds is 4. The average molecular weight is 254 g/mol. The van der Waals surface area contributed by atoms with Gasteiger partial charge in [0.25, 0.3) is 11.6 Å². The smallest absolute Gasteiger partial charge is 0.282 e. The van der Waals surface area contributed by atoms with Crippen molar-refractivity contribution in [3.8, 4) is 0 Å². The molecular formula is C12H15FN2O3. The molecule has 0 saturated heterocycles. The van der Waals surface area contributed by atoms with Crippen LogP contribution in [0.15, 0.2) is 18.2 Å². The maximum atomic E-state index is 13.1. The molecule has 0 heterocycles. The Bertz CT molecular complexity index is 474. The van der Waals surface area contributed by atoms with Gasteiger partial charge in [-0.05, 0) is 32.9 Å². The Labute approximate surface area is 104 Å². The standard InChI is InChI=1S/C12H15FN2O3/c1-4-14(8(2)3)12(16)10-7-9(13)5-6-11(10)15(17)18/h5-8H,4H2,1-3H3. The van der Waals surface area contributed by atoms with Gasteiger partial charge < -0.3 is 4.90 Å². The molecule has 0 aliphatic rings. The number of benzene rings is 1. The van der Waals surface area contributed by atoms with Crippen LogP contribution in [0, 0.1) is 15.9 Å². The summed E-state index contributed by atoms with van der Waals surface area (Å²) in [6.45, 7) is 5.77. The van der Waals surface area contributed by atoms with Crippen molar-refractivity contribution < 1.29 is 14.1 Å². The van der Waals surface area contributed by atoms with Crippen LogP contribution in [0.4, 0.5) is 10.1 Å². The van der Waals surface area contributed by atoms with E-state index in [2.05, 4.69) is 0 Å². The van der Waals surface area contributed by atoms with Gasteiger partial charge >= 0.3 is 0 Å². The van der Waals surface area contributed by atoms with Gasteiger partial charge in [0.05, 0.1) is 4.92 Å². The first kappa shape index (κ1) is 14.1. The quantitative estimate of drug-likeness (QED) is 0.612. The van der Waals surface area contributed by atoms with Crippen LogP contribution in [-0.4, -0.2) is 28.3 Å². The summed E-state index contributed by atoms with van der Waals surface area (Å²) < 4.78 is 13.1. The molecule has 0 aromatic heterocycles. The first-order valence-electron chi connectivity index (χ1n) is 5.63. The Hall–Kier alpha value is -1.98. The van der Waals surface area contributed by atoms with Crippen LogP contribution >= 0.6 is 0 Å². The van der Waals surface area contributed by atoms with E-state index in [1.54, 1.807) is 20.8 Å². The molecule has 0 aliphatic heterocycles. The van der Waals surface area contributed by atoms with Gasteiger partial charge in [0.1, 0.15) is 11.4 Å². The summed E-state index contributed by atoms with van der Waals surface area (Å²) in [5.74, 6) is -1.19. The van der Waals surface area contributed by atoms with Crippen molar-refractivity contribution in [2.45, 2.75) is 26.8 Å². The molecule has 1 rings (SSSR count). The summed E-state index contributed by atoms with van der Waals surface area (Å²) in [5.41, 5.74) is -0.587. The molecule has 98 valence electrons. The molecule has 0 saturated carbocycles. The van der Waals surface area contributed by atoms with E-state index in [0.29, 0.717) is 6.54 Å². The van der Waals surface area contributed by atoms with Gasteiger partial charge in [-0.25, -0.2) is 4.39 Å². The third-order valence-corrected chi connectivity index (χ3v) is 2.61. The van der Waals surface area contributed by atoms with E-state index in [-0.39, 0.29) is 17.3 Å². The molecule has 0 N–H and O–H groups in total. The normalized spacial score (nSPS) is 10.5. The van der Waals surface area contributed by atoms with Crippen LogP contribution in [0.2, 0.25) is 0 Å². The van der Waals surface area contributed by atoms with Crippen LogP contribution in [0.25, 0.3) is 0 Å². The Morgan fingerprint density at radius 2 is 2.11 bits per heavy atom. The van der Waals surface area contributed by atoms with E-state index in [4.69, 9.17) is 0 Å². The van der Waals surface area contributed by atoms with Crippen LogP contribution in [0.5, 0.6) is 0 Å². The third kappa shape index (κ3) is 2.82. The van der Waals surface area contributed by atoms with E-state index in [1.165, 1.54) is 4.90 Å². The monoisotopic (exact) mass is 254 g/mol. The minimum atomic E-state index is -0.680. The number of amides is 1.